The molecule has 0 spiro atoms. The van der Waals surface area contributed by atoms with Crippen LogP contribution in [0.4, 0.5) is 5.82 Å². The minimum atomic E-state index is 0.199. The van der Waals surface area contributed by atoms with Crippen LogP contribution in [0.5, 0.6) is 0 Å². The van der Waals surface area contributed by atoms with E-state index in [4.69, 9.17) is 11.6 Å². The normalized spacial score (nSPS) is 11.0. The maximum atomic E-state index is 6.10. The first-order valence-corrected chi connectivity index (χ1v) is 8.34. The monoisotopic (exact) mass is 341 g/mol. The van der Waals surface area contributed by atoms with Crippen molar-refractivity contribution in [2.45, 2.75) is 6.54 Å². The van der Waals surface area contributed by atoms with Gasteiger partial charge in [0, 0.05) is 11.9 Å². The van der Waals surface area contributed by atoms with Crippen molar-refractivity contribution in [2.75, 3.05) is 5.32 Å². The summed E-state index contributed by atoms with van der Waals surface area (Å²) in [5.41, 5.74) is 3.57. The predicted octanol–water partition coefficient (Wildman–Crippen LogP) is 4.14. The molecule has 0 aliphatic rings. The van der Waals surface area contributed by atoms with E-state index in [0.717, 1.165) is 11.3 Å². The number of aromatic nitrogens is 4. The Morgan fingerprint density at radius 1 is 1.13 bits per heavy atom. The Hall–Kier alpha value is -2.44. The SMILES string of the molecule is Clc1nc(NCc2ccccc2)c2ncn(-c3ccsc3)c2n1. The van der Waals surface area contributed by atoms with E-state index in [1.165, 1.54) is 0 Å². The van der Waals surface area contributed by atoms with E-state index < -0.39 is 0 Å². The molecule has 0 amide bonds. The molecule has 0 fully saturated rings. The summed E-state index contributed by atoms with van der Waals surface area (Å²) < 4.78 is 1.91. The van der Waals surface area contributed by atoms with Crippen LogP contribution in [-0.2, 0) is 6.54 Å². The number of nitrogens with one attached hydrogen (secondary N) is 1. The maximum Gasteiger partial charge on any atom is 0.226 e. The molecule has 1 aromatic carbocycles. The fraction of sp³-hybridized carbons (Fsp3) is 0.0625. The van der Waals surface area contributed by atoms with Gasteiger partial charge >= 0.3 is 0 Å². The molecule has 0 radical (unpaired) electrons. The van der Waals surface area contributed by atoms with Gasteiger partial charge in [-0.1, -0.05) is 30.3 Å². The number of anilines is 1. The number of halogens is 1. The summed E-state index contributed by atoms with van der Waals surface area (Å²) in [6.45, 7) is 0.647. The first-order valence-electron chi connectivity index (χ1n) is 7.02. The number of imidazole rings is 1. The van der Waals surface area contributed by atoms with Crippen LogP contribution in [0.3, 0.4) is 0 Å². The number of rotatable bonds is 4. The molecule has 0 saturated heterocycles. The van der Waals surface area contributed by atoms with Crippen LogP contribution in [0, 0.1) is 0 Å². The predicted molar refractivity (Wildman–Crippen MR) is 93.3 cm³/mol. The summed E-state index contributed by atoms with van der Waals surface area (Å²) in [5, 5.41) is 7.54. The topological polar surface area (TPSA) is 55.6 Å². The van der Waals surface area contributed by atoms with Gasteiger partial charge in [-0.05, 0) is 28.6 Å². The zero-order valence-electron chi connectivity index (χ0n) is 12.0. The number of thiophene rings is 1. The van der Waals surface area contributed by atoms with Crippen molar-refractivity contribution in [3.8, 4) is 5.69 Å². The number of benzene rings is 1. The highest BCUT2D eigenvalue weighted by molar-refractivity contribution is 7.08. The van der Waals surface area contributed by atoms with Gasteiger partial charge < -0.3 is 5.32 Å². The second kappa shape index (κ2) is 5.98. The van der Waals surface area contributed by atoms with Crippen molar-refractivity contribution in [1.82, 2.24) is 19.5 Å². The molecule has 0 atom stereocenters. The fourth-order valence-corrected chi connectivity index (χ4v) is 3.15. The third-order valence-electron chi connectivity index (χ3n) is 3.46. The van der Waals surface area contributed by atoms with Crippen molar-refractivity contribution in [3.05, 3.63) is 64.3 Å². The van der Waals surface area contributed by atoms with Crippen molar-refractivity contribution >= 4 is 39.9 Å². The molecule has 1 N–H and O–H groups in total. The third-order valence-corrected chi connectivity index (χ3v) is 4.30. The van der Waals surface area contributed by atoms with Crippen molar-refractivity contribution < 1.29 is 0 Å². The maximum absolute atomic E-state index is 6.10. The van der Waals surface area contributed by atoms with Gasteiger partial charge in [-0.25, -0.2) is 4.98 Å². The highest BCUT2D eigenvalue weighted by Gasteiger charge is 2.13. The van der Waals surface area contributed by atoms with E-state index in [-0.39, 0.29) is 5.28 Å². The standard InChI is InChI=1S/C16H12ClN5S/c17-16-20-14(18-8-11-4-2-1-3-5-11)13-15(21-16)22(10-19-13)12-6-7-23-9-12/h1-7,9-10H,8H2,(H,18,20,21). The van der Waals surface area contributed by atoms with E-state index in [1.807, 2.05) is 39.6 Å². The Morgan fingerprint density at radius 3 is 2.78 bits per heavy atom. The van der Waals surface area contributed by atoms with Gasteiger partial charge in [0.05, 0.1) is 5.69 Å². The lowest BCUT2D eigenvalue weighted by atomic mass is 10.2. The molecule has 0 aliphatic carbocycles. The quantitative estimate of drug-likeness (QED) is 0.567. The van der Waals surface area contributed by atoms with Crippen molar-refractivity contribution in [2.24, 2.45) is 0 Å². The lowest BCUT2D eigenvalue weighted by molar-refractivity contribution is 1.06. The lowest BCUT2D eigenvalue weighted by Gasteiger charge is -2.07. The molecule has 5 nitrogen and oxygen atoms in total. The summed E-state index contributed by atoms with van der Waals surface area (Å²) in [4.78, 5) is 13.1. The number of fused-ring (bicyclic) bond motifs is 1. The van der Waals surface area contributed by atoms with Crippen LogP contribution < -0.4 is 5.32 Å². The Kier molecular flexibility index (Phi) is 3.69. The molecule has 3 heterocycles. The van der Waals surface area contributed by atoms with Crippen LogP contribution in [-0.4, -0.2) is 19.5 Å². The first-order chi connectivity index (χ1) is 11.3. The molecular weight excluding hydrogens is 330 g/mol. The van der Waals surface area contributed by atoms with Crippen LogP contribution in [0.25, 0.3) is 16.9 Å². The van der Waals surface area contributed by atoms with Crippen LogP contribution in [0.2, 0.25) is 5.28 Å². The first kappa shape index (κ1) is 14.2. The van der Waals surface area contributed by atoms with Gasteiger partial charge in [0.1, 0.15) is 6.33 Å². The van der Waals surface area contributed by atoms with Gasteiger partial charge in [-0.15, -0.1) is 0 Å². The van der Waals surface area contributed by atoms with Crippen LogP contribution >= 0.6 is 22.9 Å². The molecule has 0 unspecified atom stereocenters. The molecule has 0 aliphatic heterocycles. The molecule has 4 aromatic rings. The number of hydrogen-bond acceptors (Lipinski definition) is 5. The minimum absolute atomic E-state index is 0.199. The summed E-state index contributed by atoms with van der Waals surface area (Å²) >= 11 is 7.72. The van der Waals surface area contributed by atoms with E-state index in [0.29, 0.717) is 23.5 Å². The highest BCUT2D eigenvalue weighted by atomic mass is 35.5. The Morgan fingerprint density at radius 2 is 2.00 bits per heavy atom. The average molecular weight is 342 g/mol. The fourth-order valence-electron chi connectivity index (χ4n) is 2.36. The van der Waals surface area contributed by atoms with Gasteiger partial charge in [0.25, 0.3) is 0 Å². The number of nitrogens with zero attached hydrogens (tertiary/aromatic N) is 4. The third kappa shape index (κ3) is 2.78. The zero-order valence-corrected chi connectivity index (χ0v) is 13.6. The minimum Gasteiger partial charge on any atom is -0.364 e. The lowest BCUT2D eigenvalue weighted by Crippen LogP contribution is -2.03. The summed E-state index contributed by atoms with van der Waals surface area (Å²) in [6.07, 6.45) is 1.74. The van der Waals surface area contributed by atoms with Gasteiger partial charge in [0.15, 0.2) is 17.0 Å². The number of hydrogen-bond donors (Lipinski definition) is 1. The Labute approximate surface area is 141 Å². The molecule has 23 heavy (non-hydrogen) atoms. The smallest absolute Gasteiger partial charge is 0.226 e. The van der Waals surface area contributed by atoms with Gasteiger partial charge in [-0.2, -0.15) is 21.3 Å². The molecule has 7 heteroatoms. The molecule has 4 rings (SSSR count). The van der Waals surface area contributed by atoms with Gasteiger partial charge in [0.2, 0.25) is 5.28 Å². The zero-order chi connectivity index (χ0) is 15.6. The summed E-state index contributed by atoms with van der Waals surface area (Å²) in [5.74, 6) is 0.637. The van der Waals surface area contributed by atoms with Crippen molar-refractivity contribution in [3.63, 3.8) is 0 Å². The van der Waals surface area contributed by atoms with E-state index >= 15 is 0 Å². The Bertz CT molecular complexity index is 934. The summed E-state index contributed by atoms with van der Waals surface area (Å²) in [6, 6.07) is 12.1. The largest absolute Gasteiger partial charge is 0.364 e. The van der Waals surface area contributed by atoms with Gasteiger partial charge in [-0.3, -0.25) is 4.57 Å². The van der Waals surface area contributed by atoms with Crippen molar-refractivity contribution in [1.29, 1.82) is 0 Å². The molecule has 0 saturated carbocycles. The van der Waals surface area contributed by atoms with E-state index in [1.54, 1.807) is 17.7 Å². The van der Waals surface area contributed by atoms with E-state index in [2.05, 4.69) is 32.4 Å². The molecule has 0 bridgehead atoms. The highest BCUT2D eigenvalue weighted by Crippen LogP contribution is 2.24. The average Bonchev–Trinajstić information content (AvgIpc) is 3.22. The molecule has 114 valence electrons. The summed E-state index contributed by atoms with van der Waals surface area (Å²) in [7, 11) is 0. The van der Waals surface area contributed by atoms with Crippen LogP contribution in [0.15, 0.2) is 53.5 Å². The second-order valence-electron chi connectivity index (χ2n) is 4.95. The molecule has 3 aromatic heterocycles. The second-order valence-corrected chi connectivity index (χ2v) is 6.07. The van der Waals surface area contributed by atoms with Crippen LogP contribution in [0.1, 0.15) is 5.56 Å². The molecular formula is C16H12ClN5S. The Balaban J connectivity index is 1.72. The van der Waals surface area contributed by atoms with E-state index in [9.17, 15) is 0 Å².